The molecule has 1 amide bonds. The Kier molecular flexibility index (Phi) is 4.27. The molecular formula is C13H16ClN3OS. The predicted molar refractivity (Wildman–Crippen MR) is 81.3 cm³/mol. The molecule has 0 radical (unpaired) electrons. The van der Waals surface area contributed by atoms with Crippen LogP contribution in [0, 0.1) is 6.92 Å². The summed E-state index contributed by atoms with van der Waals surface area (Å²) in [5.74, 6) is -0.329. The minimum absolute atomic E-state index is 0.306. The van der Waals surface area contributed by atoms with E-state index in [1.807, 2.05) is 30.0 Å². The average molecular weight is 298 g/mol. The van der Waals surface area contributed by atoms with Gasteiger partial charge in [0.05, 0.1) is 0 Å². The lowest BCUT2D eigenvalue weighted by Crippen LogP contribution is -2.45. The van der Waals surface area contributed by atoms with E-state index in [4.69, 9.17) is 29.6 Å². The zero-order valence-corrected chi connectivity index (χ0v) is 12.2. The molecule has 1 aliphatic heterocycles. The van der Waals surface area contributed by atoms with Gasteiger partial charge in [0.1, 0.15) is 6.04 Å². The molecule has 19 heavy (non-hydrogen) atoms. The molecule has 6 heteroatoms. The molecule has 0 unspecified atom stereocenters. The number of nitrogens with zero attached hydrogens (tertiary/aromatic N) is 1. The first-order valence-corrected chi connectivity index (χ1v) is 6.91. The highest BCUT2D eigenvalue weighted by Crippen LogP contribution is 2.24. The number of nitrogens with two attached hydrogens (primary N) is 1. The molecule has 1 saturated heterocycles. The molecule has 0 spiro atoms. The molecule has 2 rings (SSSR count). The van der Waals surface area contributed by atoms with Crippen molar-refractivity contribution in [2.45, 2.75) is 25.8 Å². The van der Waals surface area contributed by atoms with Gasteiger partial charge in [-0.15, -0.1) is 0 Å². The van der Waals surface area contributed by atoms with Crippen molar-refractivity contribution >= 4 is 40.5 Å². The molecule has 1 atom stereocenters. The standard InChI is InChI=1S/C13H16ClN3OS/c1-8-9(14)4-2-5-10(8)16-13(19)17-7-3-6-11(17)12(15)18/h2,4-5,11H,3,6-7H2,1H3,(H2,15,18)(H,16,19)/t11-/m0/s1. The summed E-state index contributed by atoms with van der Waals surface area (Å²) in [6.07, 6.45) is 1.68. The number of carbonyl (C=O) groups is 1. The maximum Gasteiger partial charge on any atom is 0.240 e. The summed E-state index contributed by atoms with van der Waals surface area (Å²) in [4.78, 5) is 13.2. The molecular weight excluding hydrogens is 282 g/mol. The van der Waals surface area contributed by atoms with E-state index in [1.54, 1.807) is 0 Å². The van der Waals surface area contributed by atoms with Crippen LogP contribution < -0.4 is 11.1 Å². The highest BCUT2D eigenvalue weighted by atomic mass is 35.5. The van der Waals surface area contributed by atoms with Gasteiger partial charge in [-0.2, -0.15) is 0 Å². The number of carbonyl (C=O) groups excluding carboxylic acids is 1. The molecule has 4 nitrogen and oxygen atoms in total. The van der Waals surface area contributed by atoms with E-state index in [1.165, 1.54) is 0 Å². The van der Waals surface area contributed by atoms with Gasteiger partial charge in [0.15, 0.2) is 5.11 Å². The Hall–Kier alpha value is -1.33. The van der Waals surface area contributed by atoms with E-state index in [0.717, 1.165) is 30.6 Å². The van der Waals surface area contributed by atoms with E-state index in [2.05, 4.69) is 5.32 Å². The predicted octanol–water partition coefficient (Wildman–Crippen LogP) is 2.29. The van der Waals surface area contributed by atoms with Gasteiger partial charge in [-0.25, -0.2) is 0 Å². The Bertz CT molecular complexity index is 521. The monoisotopic (exact) mass is 297 g/mol. The van der Waals surface area contributed by atoms with Crippen molar-refractivity contribution in [1.82, 2.24) is 4.90 Å². The quantitative estimate of drug-likeness (QED) is 0.823. The number of hydrogen-bond acceptors (Lipinski definition) is 2. The van der Waals surface area contributed by atoms with Gasteiger partial charge in [0.25, 0.3) is 0 Å². The molecule has 1 aromatic rings. The number of amides is 1. The third-order valence-electron chi connectivity index (χ3n) is 3.35. The second-order valence-electron chi connectivity index (χ2n) is 4.60. The van der Waals surface area contributed by atoms with Gasteiger partial charge >= 0.3 is 0 Å². The van der Waals surface area contributed by atoms with Crippen LogP contribution in [0.3, 0.4) is 0 Å². The summed E-state index contributed by atoms with van der Waals surface area (Å²) in [5, 5.41) is 4.34. The third kappa shape index (κ3) is 2.98. The lowest BCUT2D eigenvalue weighted by atomic mass is 10.2. The molecule has 0 saturated carbocycles. The summed E-state index contributed by atoms with van der Waals surface area (Å²) in [6.45, 7) is 2.67. The van der Waals surface area contributed by atoms with Gasteiger partial charge in [-0.1, -0.05) is 17.7 Å². The highest BCUT2D eigenvalue weighted by Gasteiger charge is 2.30. The molecule has 0 aliphatic carbocycles. The number of likely N-dealkylation sites (tertiary alicyclic amines) is 1. The Morgan fingerprint density at radius 3 is 3.00 bits per heavy atom. The Balaban J connectivity index is 2.13. The summed E-state index contributed by atoms with van der Waals surface area (Å²) in [6, 6.07) is 5.28. The van der Waals surface area contributed by atoms with E-state index >= 15 is 0 Å². The fourth-order valence-electron chi connectivity index (χ4n) is 2.24. The fraction of sp³-hybridized carbons (Fsp3) is 0.385. The number of hydrogen-bond donors (Lipinski definition) is 2. The van der Waals surface area contributed by atoms with Crippen molar-refractivity contribution in [3.05, 3.63) is 28.8 Å². The second kappa shape index (κ2) is 5.75. The van der Waals surface area contributed by atoms with Crippen molar-refractivity contribution in [3.63, 3.8) is 0 Å². The van der Waals surface area contributed by atoms with Crippen LogP contribution in [0.4, 0.5) is 5.69 Å². The zero-order valence-electron chi connectivity index (χ0n) is 10.6. The fourth-order valence-corrected chi connectivity index (χ4v) is 2.74. The molecule has 0 bridgehead atoms. The Labute approximate surface area is 122 Å². The van der Waals surface area contributed by atoms with Gasteiger partial charge in [-0.05, 0) is 49.7 Å². The number of thiocarbonyl (C=S) groups is 1. The van der Waals surface area contributed by atoms with Crippen LogP contribution >= 0.6 is 23.8 Å². The van der Waals surface area contributed by atoms with Crippen LogP contribution in [0.2, 0.25) is 5.02 Å². The largest absolute Gasteiger partial charge is 0.368 e. The molecule has 0 aromatic heterocycles. The smallest absolute Gasteiger partial charge is 0.240 e. The molecule has 1 heterocycles. The Morgan fingerprint density at radius 2 is 2.32 bits per heavy atom. The van der Waals surface area contributed by atoms with Crippen molar-refractivity contribution in [1.29, 1.82) is 0 Å². The van der Waals surface area contributed by atoms with Crippen molar-refractivity contribution < 1.29 is 4.79 Å². The van der Waals surface area contributed by atoms with Crippen LogP contribution in [0.1, 0.15) is 18.4 Å². The first kappa shape index (κ1) is 14.1. The van der Waals surface area contributed by atoms with Crippen molar-refractivity contribution in [3.8, 4) is 0 Å². The molecule has 1 fully saturated rings. The number of nitrogens with one attached hydrogen (secondary N) is 1. The lowest BCUT2D eigenvalue weighted by Gasteiger charge is -2.26. The summed E-state index contributed by atoms with van der Waals surface area (Å²) in [7, 11) is 0. The highest BCUT2D eigenvalue weighted by molar-refractivity contribution is 7.80. The first-order chi connectivity index (χ1) is 9.00. The summed E-state index contributed by atoms with van der Waals surface area (Å²) < 4.78 is 0. The van der Waals surface area contributed by atoms with Crippen molar-refractivity contribution in [2.75, 3.05) is 11.9 Å². The maximum absolute atomic E-state index is 11.4. The van der Waals surface area contributed by atoms with E-state index in [-0.39, 0.29) is 11.9 Å². The Morgan fingerprint density at radius 1 is 1.58 bits per heavy atom. The minimum Gasteiger partial charge on any atom is -0.368 e. The van der Waals surface area contributed by atoms with Gasteiger partial charge in [-0.3, -0.25) is 4.79 Å². The van der Waals surface area contributed by atoms with Crippen LogP contribution in [-0.4, -0.2) is 28.5 Å². The molecule has 3 N–H and O–H groups in total. The normalized spacial score (nSPS) is 18.4. The third-order valence-corrected chi connectivity index (χ3v) is 4.10. The minimum atomic E-state index is -0.329. The SMILES string of the molecule is Cc1c(Cl)cccc1NC(=S)N1CCC[C@H]1C(N)=O. The van der Waals surface area contributed by atoms with Crippen LogP contribution in [0.25, 0.3) is 0 Å². The number of halogens is 1. The molecule has 1 aliphatic rings. The topological polar surface area (TPSA) is 58.4 Å². The number of anilines is 1. The summed E-state index contributed by atoms with van der Waals surface area (Å²) in [5.41, 5.74) is 7.17. The van der Waals surface area contributed by atoms with Gasteiger partial charge in [0.2, 0.25) is 5.91 Å². The number of primary amides is 1. The van der Waals surface area contributed by atoms with E-state index < -0.39 is 0 Å². The summed E-state index contributed by atoms with van der Waals surface area (Å²) >= 11 is 11.4. The average Bonchev–Trinajstić information content (AvgIpc) is 2.84. The van der Waals surface area contributed by atoms with Gasteiger partial charge in [0, 0.05) is 17.3 Å². The molecule has 102 valence electrons. The zero-order chi connectivity index (χ0) is 14.0. The second-order valence-corrected chi connectivity index (χ2v) is 5.39. The number of rotatable bonds is 2. The molecule has 1 aromatic carbocycles. The van der Waals surface area contributed by atoms with Crippen molar-refractivity contribution in [2.24, 2.45) is 5.73 Å². The number of benzene rings is 1. The van der Waals surface area contributed by atoms with Gasteiger partial charge < -0.3 is 16.0 Å². The lowest BCUT2D eigenvalue weighted by molar-refractivity contribution is -0.121. The van der Waals surface area contributed by atoms with Crippen LogP contribution in [0.15, 0.2) is 18.2 Å². The van der Waals surface area contributed by atoms with E-state index in [9.17, 15) is 4.79 Å². The van der Waals surface area contributed by atoms with E-state index in [0.29, 0.717) is 10.1 Å². The van der Waals surface area contributed by atoms with Crippen LogP contribution in [0.5, 0.6) is 0 Å². The maximum atomic E-state index is 11.4. The first-order valence-electron chi connectivity index (χ1n) is 6.12. The van der Waals surface area contributed by atoms with Crippen LogP contribution in [-0.2, 0) is 4.79 Å².